The van der Waals surface area contributed by atoms with E-state index in [1.54, 1.807) is 18.3 Å². The fourth-order valence-corrected chi connectivity index (χ4v) is 2.16. The summed E-state index contributed by atoms with van der Waals surface area (Å²) >= 11 is 0. The molecule has 0 radical (unpaired) electrons. The molecule has 100 valence electrons. The molecular formula is C18H12N2O. The van der Waals surface area contributed by atoms with E-state index in [2.05, 4.69) is 16.8 Å². The number of hydrogen-bond donors (Lipinski definition) is 1. The first kappa shape index (κ1) is 12.9. The van der Waals surface area contributed by atoms with Crippen LogP contribution in [0.5, 0.6) is 0 Å². The van der Waals surface area contributed by atoms with Crippen LogP contribution in [0.4, 0.5) is 0 Å². The Bertz CT molecular complexity index is 883. The molecule has 1 amide bonds. The van der Waals surface area contributed by atoms with Crippen LogP contribution in [0.25, 0.3) is 10.8 Å². The molecule has 0 spiro atoms. The molecule has 0 aliphatic carbocycles. The van der Waals surface area contributed by atoms with Gasteiger partial charge in [0, 0.05) is 11.8 Å². The lowest BCUT2D eigenvalue weighted by molar-refractivity contribution is 0.0999. The molecule has 2 N–H and O–H groups in total. The molecule has 0 aliphatic rings. The quantitative estimate of drug-likeness (QED) is 0.692. The summed E-state index contributed by atoms with van der Waals surface area (Å²) in [7, 11) is 0. The molecule has 0 saturated heterocycles. The van der Waals surface area contributed by atoms with Gasteiger partial charge in [0.15, 0.2) is 0 Å². The van der Waals surface area contributed by atoms with Gasteiger partial charge in [-0.05, 0) is 34.9 Å². The van der Waals surface area contributed by atoms with Crippen molar-refractivity contribution in [3.8, 4) is 11.8 Å². The fourth-order valence-electron chi connectivity index (χ4n) is 2.16. The second-order valence-corrected chi connectivity index (χ2v) is 4.54. The first-order valence-corrected chi connectivity index (χ1v) is 6.50. The molecule has 21 heavy (non-hydrogen) atoms. The number of benzene rings is 2. The molecule has 1 heterocycles. The zero-order valence-corrected chi connectivity index (χ0v) is 11.2. The van der Waals surface area contributed by atoms with Gasteiger partial charge >= 0.3 is 0 Å². The molecule has 3 rings (SSSR count). The Morgan fingerprint density at radius 1 is 0.952 bits per heavy atom. The summed E-state index contributed by atoms with van der Waals surface area (Å²) in [6.07, 6.45) is 1.60. The largest absolute Gasteiger partial charge is 0.366 e. The lowest BCUT2D eigenvalue weighted by Gasteiger charge is -2.00. The Morgan fingerprint density at radius 3 is 2.62 bits per heavy atom. The van der Waals surface area contributed by atoms with E-state index in [-0.39, 0.29) is 0 Å². The highest BCUT2D eigenvalue weighted by atomic mass is 16.1. The maximum absolute atomic E-state index is 11.4. The van der Waals surface area contributed by atoms with E-state index >= 15 is 0 Å². The predicted molar refractivity (Wildman–Crippen MR) is 82.7 cm³/mol. The maximum atomic E-state index is 11.4. The van der Waals surface area contributed by atoms with E-state index in [4.69, 9.17) is 5.73 Å². The number of hydrogen-bond acceptors (Lipinski definition) is 2. The van der Waals surface area contributed by atoms with Gasteiger partial charge in [-0.1, -0.05) is 42.3 Å². The SMILES string of the molecule is NC(=O)c1cccnc1C#Cc1cccc2ccccc12. The van der Waals surface area contributed by atoms with Crippen molar-refractivity contribution in [2.75, 3.05) is 0 Å². The van der Waals surface area contributed by atoms with Gasteiger partial charge < -0.3 is 5.73 Å². The minimum atomic E-state index is -0.523. The normalized spacial score (nSPS) is 9.90. The van der Waals surface area contributed by atoms with Crippen molar-refractivity contribution in [2.45, 2.75) is 0 Å². The van der Waals surface area contributed by atoms with E-state index in [0.717, 1.165) is 16.3 Å². The Kier molecular flexibility index (Phi) is 3.36. The van der Waals surface area contributed by atoms with E-state index < -0.39 is 5.91 Å². The third-order valence-electron chi connectivity index (χ3n) is 3.18. The first-order valence-electron chi connectivity index (χ1n) is 6.50. The number of fused-ring (bicyclic) bond motifs is 1. The number of carbonyl (C=O) groups excluding carboxylic acids is 1. The highest BCUT2D eigenvalue weighted by Gasteiger charge is 2.06. The fraction of sp³-hybridized carbons (Fsp3) is 0. The first-order chi connectivity index (χ1) is 10.3. The summed E-state index contributed by atoms with van der Waals surface area (Å²) in [6, 6.07) is 17.3. The van der Waals surface area contributed by atoms with E-state index in [1.165, 1.54) is 0 Å². The molecule has 3 aromatic rings. The van der Waals surface area contributed by atoms with Crippen LogP contribution in [0.15, 0.2) is 60.8 Å². The topological polar surface area (TPSA) is 56.0 Å². The summed E-state index contributed by atoms with van der Waals surface area (Å²) in [5.74, 6) is 5.50. The summed E-state index contributed by atoms with van der Waals surface area (Å²) in [5.41, 5.74) is 6.96. The third kappa shape index (κ3) is 2.60. The molecule has 0 aliphatic heterocycles. The van der Waals surface area contributed by atoms with Crippen LogP contribution in [-0.4, -0.2) is 10.9 Å². The smallest absolute Gasteiger partial charge is 0.251 e. The number of pyridine rings is 1. The number of primary amides is 1. The summed E-state index contributed by atoms with van der Waals surface area (Å²) in [4.78, 5) is 15.5. The van der Waals surface area contributed by atoms with Crippen molar-refractivity contribution in [3.63, 3.8) is 0 Å². The van der Waals surface area contributed by atoms with E-state index in [0.29, 0.717) is 11.3 Å². The average Bonchev–Trinajstić information content (AvgIpc) is 2.53. The highest BCUT2D eigenvalue weighted by molar-refractivity contribution is 5.95. The third-order valence-corrected chi connectivity index (χ3v) is 3.18. The van der Waals surface area contributed by atoms with Gasteiger partial charge in [-0.2, -0.15) is 0 Å². The highest BCUT2D eigenvalue weighted by Crippen LogP contribution is 2.17. The minimum Gasteiger partial charge on any atom is -0.366 e. The van der Waals surface area contributed by atoms with Crippen LogP contribution in [-0.2, 0) is 0 Å². The van der Waals surface area contributed by atoms with Crippen molar-refractivity contribution in [1.82, 2.24) is 4.98 Å². The average molecular weight is 272 g/mol. The van der Waals surface area contributed by atoms with Crippen LogP contribution in [0.1, 0.15) is 21.6 Å². The Hall–Kier alpha value is -3.12. The Balaban J connectivity index is 2.11. The van der Waals surface area contributed by atoms with E-state index in [1.807, 2.05) is 42.5 Å². The molecule has 3 heteroatoms. The molecule has 1 aromatic heterocycles. The molecule has 0 atom stereocenters. The second kappa shape index (κ2) is 5.48. The Labute approximate surface area is 122 Å². The molecule has 3 nitrogen and oxygen atoms in total. The van der Waals surface area contributed by atoms with Crippen molar-refractivity contribution >= 4 is 16.7 Å². The lowest BCUT2D eigenvalue weighted by Crippen LogP contribution is -2.13. The van der Waals surface area contributed by atoms with Gasteiger partial charge in [0.05, 0.1) is 5.56 Å². The summed E-state index contributed by atoms with van der Waals surface area (Å²) in [5, 5.41) is 2.20. The van der Waals surface area contributed by atoms with Crippen LogP contribution in [0.3, 0.4) is 0 Å². The maximum Gasteiger partial charge on any atom is 0.251 e. The summed E-state index contributed by atoms with van der Waals surface area (Å²) in [6.45, 7) is 0. The lowest BCUT2D eigenvalue weighted by atomic mass is 10.0. The van der Waals surface area contributed by atoms with Crippen LogP contribution >= 0.6 is 0 Å². The number of carbonyl (C=O) groups is 1. The van der Waals surface area contributed by atoms with Gasteiger partial charge in [0.1, 0.15) is 5.69 Å². The molecule has 0 unspecified atom stereocenters. The number of aromatic nitrogens is 1. The number of nitrogens with zero attached hydrogens (tertiary/aromatic N) is 1. The molecule has 2 aromatic carbocycles. The minimum absolute atomic E-state index is 0.338. The number of rotatable bonds is 1. The van der Waals surface area contributed by atoms with Crippen molar-refractivity contribution in [3.05, 3.63) is 77.6 Å². The second-order valence-electron chi connectivity index (χ2n) is 4.54. The van der Waals surface area contributed by atoms with Gasteiger partial charge in [0.2, 0.25) is 0 Å². The zero-order chi connectivity index (χ0) is 14.7. The summed E-state index contributed by atoms with van der Waals surface area (Å²) < 4.78 is 0. The standard InChI is InChI=1S/C18H12N2O/c19-18(21)16-9-4-12-20-17(16)11-10-14-7-3-6-13-5-1-2-8-15(13)14/h1-9,12H,(H2,19,21). The Morgan fingerprint density at radius 2 is 1.76 bits per heavy atom. The monoisotopic (exact) mass is 272 g/mol. The van der Waals surface area contributed by atoms with Gasteiger partial charge in [-0.3, -0.25) is 4.79 Å². The van der Waals surface area contributed by atoms with Crippen LogP contribution in [0, 0.1) is 11.8 Å². The van der Waals surface area contributed by atoms with Gasteiger partial charge in [0.25, 0.3) is 5.91 Å². The van der Waals surface area contributed by atoms with Crippen molar-refractivity contribution in [2.24, 2.45) is 5.73 Å². The van der Waals surface area contributed by atoms with E-state index in [9.17, 15) is 4.79 Å². The predicted octanol–water partition coefficient (Wildman–Crippen LogP) is 2.73. The van der Waals surface area contributed by atoms with Crippen LogP contribution in [0.2, 0.25) is 0 Å². The van der Waals surface area contributed by atoms with Gasteiger partial charge in [-0.15, -0.1) is 0 Å². The number of nitrogens with two attached hydrogens (primary N) is 1. The molecule has 0 fully saturated rings. The molecular weight excluding hydrogens is 260 g/mol. The van der Waals surface area contributed by atoms with Gasteiger partial charge in [-0.25, -0.2) is 4.98 Å². The van der Waals surface area contributed by atoms with Crippen LogP contribution < -0.4 is 5.73 Å². The van der Waals surface area contributed by atoms with Crippen molar-refractivity contribution in [1.29, 1.82) is 0 Å². The molecule has 0 saturated carbocycles. The number of amides is 1. The zero-order valence-electron chi connectivity index (χ0n) is 11.2. The molecule has 0 bridgehead atoms. The van der Waals surface area contributed by atoms with Crippen molar-refractivity contribution < 1.29 is 4.79 Å².